The van der Waals surface area contributed by atoms with Gasteiger partial charge >= 0.3 is 0 Å². The summed E-state index contributed by atoms with van der Waals surface area (Å²) in [5, 5.41) is 3.71. The first-order valence-electron chi connectivity index (χ1n) is 10.2. The van der Waals surface area contributed by atoms with Crippen LogP contribution >= 0.6 is 11.6 Å². The van der Waals surface area contributed by atoms with Gasteiger partial charge in [-0.15, -0.1) is 0 Å². The number of anilines is 1. The normalized spacial score (nSPS) is 13.6. The van der Waals surface area contributed by atoms with Crippen LogP contribution < -0.4 is 15.0 Å². The van der Waals surface area contributed by atoms with Crippen molar-refractivity contribution in [2.45, 2.75) is 18.9 Å². The van der Waals surface area contributed by atoms with Crippen molar-refractivity contribution in [3.8, 4) is 5.75 Å². The monoisotopic (exact) mass is 434 g/mol. The first-order chi connectivity index (χ1) is 15.1. The largest absolute Gasteiger partial charge is 0.490 e. The Hall–Kier alpha value is -3.31. The molecule has 1 heterocycles. The lowest BCUT2D eigenvalue weighted by Crippen LogP contribution is -2.38. The molecule has 0 bridgehead atoms. The Bertz CT molecular complexity index is 1050. The molecule has 3 aromatic carbocycles. The Morgan fingerprint density at radius 2 is 1.58 bits per heavy atom. The van der Waals surface area contributed by atoms with E-state index in [2.05, 4.69) is 5.32 Å². The van der Waals surface area contributed by atoms with Gasteiger partial charge in [0, 0.05) is 17.9 Å². The summed E-state index contributed by atoms with van der Waals surface area (Å²) in [4.78, 5) is 27.3. The van der Waals surface area contributed by atoms with Gasteiger partial charge in [0.2, 0.25) is 11.8 Å². The number of hydrogen-bond donors (Lipinski definition) is 1. The molecule has 2 amide bonds. The first kappa shape index (κ1) is 20.9. The molecular formula is C25H23ClN2O3. The first-order valence-corrected chi connectivity index (χ1v) is 10.6. The van der Waals surface area contributed by atoms with Gasteiger partial charge < -0.3 is 15.0 Å². The van der Waals surface area contributed by atoms with Crippen molar-refractivity contribution in [3.05, 3.63) is 95.0 Å². The van der Waals surface area contributed by atoms with Crippen LogP contribution in [0, 0.1) is 0 Å². The summed E-state index contributed by atoms with van der Waals surface area (Å²) >= 11 is 6.02. The topological polar surface area (TPSA) is 58.6 Å². The van der Waals surface area contributed by atoms with Crippen molar-refractivity contribution in [2.75, 3.05) is 18.1 Å². The highest BCUT2D eigenvalue weighted by Crippen LogP contribution is 2.31. The summed E-state index contributed by atoms with van der Waals surface area (Å²) in [6, 6.07) is 24.3. The molecule has 1 N–H and O–H groups in total. The molecule has 6 heteroatoms. The molecule has 1 aliphatic rings. The fourth-order valence-corrected chi connectivity index (χ4v) is 3.80. The standard InChI is InChI=1S/C25H23ClN2O3/c26-20-12-10-19(11-13-20)25(18-6-2-1-3-7-18)27-23(29)14-15-24(30)28-16-17-31-22-9-5-4-8-21(22)28/h1-13,25H,14-17H2,(H,27,29). The predicted octanol–water partition coefficient (Wildman–Crippen LogP) is 4.75. The molecule has 1 atom stereocenters. The zero-order chi connectivity index (χ0) is 21.6. The van der Waals surface area contributed by atoms with E-state index >= 15 is 0 Å². The molecule has 0 radical (unpaired) electrons. The van der Waals surface area contributed by atoms with E-state index in [0.717, 1.165) is 16.8 Å². The lowest BCUT2D eigenvalue weighted by molar-refractivity contribution is -0.125. The van der Waals surface area contributed by atoms with E-state index < -0.39 is 0 Å². The quantitative estimate of drug-likeness (QED) is 0.609. The second-order valence-corrected chi connectivity index (χ2v) is 7.76. The van der Waals surface area contributed by atoms with Crippen LogP contribution in [0.25, 0.3) is 0 Å². The third-order valence-corrected chi connectivity index (χ3v) is 5.49. The summed E-state index contributed by atoms with van der Waals surface area (Å²) < 4.78 is 5.61. The van der Waals surface area contributed by atoms with Gasteiger partial charge in [0.1, 0.15) is 12.4 Å². The second-order valence-electron chi connectivity index (χ2n) is 7.32. The Balaban J connectivity index is 1.43. The minimum Gasteiger partial charge on any atom is -0.490 e. The molecule has 1 unspecified atom stereocenters. The number of amides is 2. The number of ether oxygens (including phenoxy) is 1. The number of carbonyl (C=O) groups is 2. The van der Waals surface area contributed by atoms with Gasteiger partial charge in [-0.1, -0.05) is 66.2 Å². The van der Waals surface area contributed by atoms with Crippen LogP contribution in [0.15, 0.2) is 78.9 Å². The van der Waals surface area contributed by atoms with Crippen molar-refractivity contribution in [1.29, 1.82) is 0 Å². The fourth-order valence-electron chi connectivity index (χ4n) is 3.68. The Morgan fingerprint density at radius 1 is 0.903 bits per heavy atom. The predicted molar refractivity (Wildman–Crippen MR) is 121 cm³/mol. The smallest absolute Gasteiger partial charge is 0.227 e. The maximum atomic E-state index is 12.8. The van der Waals surface area contributed by atoms with Gasteiger partial charge in [0.15, 0.2) is 0 Å². The second kappa shape index (κ2) is 9.67. The highest BCUT2D eigenvalue weighted by molar-refractivity contribution is 6.30. The number of fused-ring (bicyclic) bond motifs is 1. The number of benzene rings is 3. The Kier molecular flexibility index (Phi) is 6.53. The highest BCUT2D eigenvalue weighted by atomic mass is 35.5. The maximum Gasteiger partial charge on any atom is 0.227 e. The average Bonchev–Trinajstić information content (AvgIpc) is 2.82. The van der Waals surface area contributed by atoms with E-state index in [1.807, 2.05) is 66.7 Å². The third-order valence-electron chi connectivity index (χ3n) is 5.24. The Morgan fingerprint density at radius 3 is 2.35 bits per heavy atom. The van der Waals surface area contributed by atoms with Gasteiger partial charge in [0.05, 0.1) is 18.3 Å². The third kappa shape index (κ3) is 5.06. The van der Waals surface area contributed by atoms with E-state index in [1.165, 1.54) is 0 Å². The molecule has 0 spiro atoms. The van der Waals surface area contributed by atoms with Crippen LogP contribution in [0.3, 0.4) is 0 Å². The molecule has 31 heavy (non-hydrogen) atoms. The molecule has 1 aliphatic heterocycles. The number of hydrogen-bond acceptors (Lipinski definition) is 3. The molecular weight excluding hydrogens is 412 g/mol. The molecule has 0 fully saturated rings. The van der Waals surface area contributed by atoms with Gasteiger partial charge in [-0.3, -0.25) is 9.59 Å². The minimum atomic E-state index is -0.315. The van der Waals surface area contributed by atoms with E-state index in [9.17, 15) is 9.59 Å². The summed E-state index contributed by atoms with van der Waals surface area (Å²) in [5.74, 6) is 0.422. The van der Waals surface area contributed by atoms with Crippen LogP contribution in [0.5, 0.6) is 5.75 Å². The summed E-state index contributed by atoms with van der Waals surface area (Å²) in [5.41, 5.74) is 2.64. The molecule has 0 aliphatic carbocycles. The van der Waals surface area contributed by atoms with Crippen LogP contribution in [-0.2, 0) is 9.59 Å². The fraction of sp³-hybridized carbons (Fsp3) is 0.200. The lowest BCUT2D eigenvalue weighted by atomic mass is 9.98. The maximum absolute atomic E-state index is 12.8. The van der Waals surface area contributed by atoms with E-state index in [0.29, 0.717) is 23.9 Å². The van der Waals surface area contributed by atoms with E-state index in [1.54, 1.807) is 17.0 Å². The number of carbonyl (C=O) groups excluding carboxylic acids is 2. The van der Waals surface area contributed by atoms with Crippen molar-refractivity contribution in [3.63, 3.8) is 0 Å². The molecule has 0 saturated carbocycles. The molecule has 4 rings (SSSR count). The van der Waals surface area contributed by atoms with Crippen LogP contribution in [0.2, 0.25) is 5.02 Å². The van der Waals surface area contributed by atoms with Gasteiger partial charge in [-0.2, -0.15) is 0 Å². The van der Waals surface area contributed by atoms with Crippen LogP contribution in [0.1, 0.15) is 30.0 Å². The number of halogens is 1. The van der Waals surface area contributed by atoms with Gasteiger partial charge in [-0.05, 0) is 35.4 Å². The summed E-state index contributed by atoms with van der Waals surface area (Å²) in [7, 11) is 0. The molecule has 3 aromatic rings. The lowest BCUT2D eigenvalue weighted by Gasteiger charge is -2.29. The summed E-state index contributed by atoms with van der Waals surface area (Å²) in [6.45, 7) is 0.927. The zero-order valence-electron chi connectivity index (χ0n) is 17.0. The van der Waals surface area contributed by atoms with E-state index in [4.69, 9.17) is 16.3 Å². The van der Waals surface area contributed by atoms with Crippen molar-refractivity contribution in [1.82, 2.24) is 5.32 Å². The molecule has 0 aromatic heterocycles. The molecule has 158 valence electrons. The number of nitrogens with one attached hydrogen (secondary N) is 1. The van der Waals surface area contributed by atoms with Crippen molar-refractivity contribution in [2.24, 2.45) is 0 Å². The average molecular weight is 435 g/mol. The summed E-state index contributed by atoms with van der Waals surface area (Å²) in [6.07, 6.45) is 0.234. The van der Waals surface area contributed by atoms with Crippen LogP contribution in [-0.4, -0.2) is 25.0 Å². The number of rotatable bonds is 6. The van der Waals surface area contributed by atoms with Gasteiger partial charge in [0.25, 0.3) is 0 Å². The van der Waals surface area contributed by atoms with Gasteiger partial charge in [-0.25, -0.2) is 0 Å². The van der Waals surface area contributed by atoms with Crippen LogP contribution in [0.4, 0.5) is 5.69 Å². The molecule has 0 saturated heterocycles. The van der Waals surface area contributed by atoms with E-state index in [-0.39, 0.29) is 30.7 Å². The number of para-hydroxylation sites is 2. The molecule has 5 nitrogen and oxygen atoms in total. The Labute approximate surface area is 186 Å². The SMILES string of the molecule is O=C(CCC(=O)N1CCOc2ccccc21)NC(c1ccccc1)c1ccc(Cl)cc1. The minimum absolute atomic E-state index is 0.0892. The zero-order valence-corrected chi connectivity index (χ0v) is 17.7. The number of nitrogens with zero attached hydrogens (tertiary/aromatic N) is 1. The van der Waals surface area contributed by atoms with Crippen molar-refractivity contribution >= 4 is 29.1 Å². The highest BCUT2D eigenvalue weighted by Gasteiger charge is 2.24. The van der Waals surface area contributed by atoms with Crippen molar-refractivity contribution < 1.29 is 14.3 Å².